The molecule has 0 aliphatic carbocycles. The van der Waals surface area contributed by atoms with Gasteiger partial charge >= 0.3 is 0 Å². The molecule has 0 aliphatic rings. The molecule has 1 amide bonds. The highest BCUT2D eigenvalue weighted by Gasteiger charge is 2.19. The second-order valence-electron chi connectivity index (χ2n) is 7.82. The maximum absolute atomic E-state index is 12.9. The van der Waals surface area contributed by atoms with Crippen molar-refractivity contribution in [2.24, 2.45) is 0 Å². The number of anilines is 2. The average Bonchev–Trinajstić information content (AvgIpc) is 3.38. The smallest absolute Gasteiger partial charge is 0.261 e. The van der Waals surface area contributed by atoms with Gasteiger partial charge in [0, 0.05) is 34.3 Å². The summed E-state index contributed by atoms with van der Waals surface area (Å²) in [5, 5.41) is 5.53. The van der Waals surface area contributed by atoms with Crippen LogP contribution in [0.4, 0.5) is 11.4 Å². The molecular weight excluding hydrogens is 456 g/mol. The highest BCUT2D eigenvalue weighted by atomic mass is 32.2. The maximum atomic E-state index is 12.9. The molecule has 2 heterocycles. The number of hydrogen-bond acceptors (Lipinski definition) is 5. The summed E-state index contributed by atoms with van der Waals surface area (Å²) in [4.78, 5) is 17.3. The third kappa shape index (κ3) is 4.69. The Hall–Kier alpha value is -3.43. The zero-order chi connectivity index (χ0) is 23.8. The monoisotopic (exact) mass is 480 g/mol. The van der Waals surface area contributed by atoms with Crippen LogP contribution in [0.1, 0.15) is 32.9 Å². The summed E-state index contributed by atoms with van der Waals surface area (Å²) >= 11 is 1.50. The molecule has 2 aromatic heterocycles. The first kappa shape index (κ1) is 22.8. The molecule has 0 spiro atoms. The fraction of sp³-hybridized carbons (Fsp3) is 0.167. The topological polar surface area (TPSA) is 93.1 Å². The third-order valence-corrected chi connectivity index (χ3v) is 7.62. The molecule has 170 valence electrons. The summed E-state index contributed by atoms with van der Waals surface area (Å²) in [6.45, 7) is 7.70. The molecule has 4 rings (SSSR count). The average molecular weight is 481 g/mol. The van der Waals surface area contributed by atoms with Gasteiger partial charge in [-0.3, -0.25) is 14.1 Å². The lowest BCUT2D eigenvalue weighted by atomic mass is 10.1. The minimum atomic E-state index is -3.75. The van der Waals surface area contributed by atoms with Crippen molar-refractivity contribution in [3.05, 3.63) is 88.2 Å². The number of thiazole rings is 1. The van der Waals surface area contributed by atoms with E-state index in [-0.39, 0.29) is 10.8 Å². The van der Waals surface area contributed by atoms with Gasteiger partial charge in [0.15, 0.2) is 5.13 Å². The number of aryl methyl sites for hydroxylation is 3. The standard InChI is InChI=1S/C24H24N4O3S2/c1-15-5-6-20(13-16(15)2)27-33(30,31)21-9-7-19(8-10-21)26-23(29)22-14-17(3)28(18(22)4)24-25-11-12-32-24/h5-14,27H,1-4H3,(H,26,29). The molecule has 7 nitrogen and oxygen atoms in total. The van der Waals surface area contributed by atoms with E-state index in [0.29, 0.717) is 16.9 Å². The summed E-state index contributed by atoms with van der Waals surface area (Å²) in [5.41, 5.74) is 5.34. The lowest BCUT2D eigenvalue weighted by molar-refractivity contribution is 0.102. The minimum Gasteiger partial charge on any atom is -0.322 e. The number of carbonyl (C=O) groups excluding carboxylic acids is 1. The predicted octanol–water partition coefficient (Wildman–Crippen LogP) is 5.22. The van der Waals surface area contributed by atoms with E-state index in [1.54, 1.807) is 30.5 Å². The van der Waals surface area contributed by atoms with Crippen LogP contribution in [-0.2, 0) is 10.0 Å². The van der Waals surface area contributed by atoms with Crippen LogP contribution in [0.3, 0.4) is 0 Å². The quantitative estimate of drug-likeness (QED) is 0.396. The summed E-state index contributed by atoms with van der Waals surface area (Å²) in [5.74, 6) is -0.269. The number of carbonyl (C=O) groups is 1. The predicted molar refractivity (Wildman–Crippen MR) is 132 cm³/mol. The lowest BCUT2D eigenvalue weighted by Crippen LogP contribution is -2.15. The largest absolute Gasteiger partial charge is 0.322 e. The number of amides is 1. The third-order valence-electron chi connectivity index (χ3n) is 5.47. The van der Waals surface area contributed by atoms with Gasteiger partial charge in [0.2, 0.25) is 0 Å². The Labute approximate surface area is 197 Å². The van der Waals surface area contributed by atoms with Crippen LogP contribution in [0.5, 0.6) is 0 Å². The number of rotatable bonds is 6. The maximum Gasteiger partial charge on any atom is 0.261 e. The van der Waals surface area contributed by atoms with Crippen LogP contribution >= 0.6 is 11.3 Å². The van der Waals surface area contributed by atoms with E-state index in [4.69, 9.17) is 0 Å². The fourth-order valence-electron chi connectivity index (χ4n) is 3.55. The Morgan fingerprint density at radius 1 is 0.939 bits per heavy atom. The number of nitrogens with zero attached hydrogens (tertiary/aromatic N) is 2. The zero-order valence-electron chi connectivity index (χ0n) is 18.7. The summed E-state index contributed by atoms with van der Waals surface area (Å²) in [7, 11) is -3.75. The minimum absolute atomic E-state index is 0.112. The molecule has 0 aliphatic heterocycles. The van der Waals surface area contributed by atoms with Gasteiger partial charge in [-0.1, -0.05) is 6.07 Å². The lowest BCUT2D eigenvalue weighted by Gasteiger charge is -2.11. The van der Waals surface area contributed by atoms with E-state index in [2.05, 4.69) is 15.0 Å². The summed E-state index contributed by atoms with van der Waals surface area (Å²) < 4.78 is 30.0. The molecule has 2 N–H and O–H groups in total. The number of benzene rings is 2. The van der Waals surface area contributed by atoms with E-state index >= 15 is 0 Å². The SMILES string of the molecule is Cc1ccc(NS(=O)(=O)c2ccc(NC(=O)c3cc(C)n(-c4nccs4)c3C)cc2)cc1C. The van der Waals surface area contributed by atoms with Gasteiger partial charge in [-0.2, -0.15) is 0 Å². The van der Waals surface area contributed by atoms with Crippen molar-refractivity contribution in [1.29, 1.82) is 0 Å². The fourth-order valence-corrected chi connectivity index (χ4v) is 5.35. The molecule has 4 aromatic rings. The summed E-state index contributed by atoms with van der Waals surface area (Å²) in [6, 6.07) is 13.3. The van der Waals surface area contributed by atoms with Crippen molar-refractivity contribution in [3.63, 3.8) is 0 Å². The first-order chi connectivity index (χ1) is 15.7. The van der Waals surface area contributed by atoms with Crippen molar-refractivity contribution in [2.75, 3.05) is 10.0 Å². The van der Waals surface area contributed by atoms with Crippen LogP contribution in [0.2, 0.25) is 0 Å². The number of sulfonamides is 1. The number of nitrogens with one attached hydrogen (secondary N) is 2. The van der Waals surface area contributed by atoms with E-state index in [1.165, 1.54) is 23.5 Å². The molecule has 9 heteroatoms. The first-order valence-electron chi connectivity index (χ1n) is 10.3. The Balaban J connectivity index is 1.50. The zero-order valence-corrected chi connectivity index (χ0v) is 20.3. The van der Waals surface area contributed by atoms with Gasteiger partial charge < -0.3 is 5.32 Å². The van der Waals surface area contributed by atoms with Crippen LogP contribution in [-0.4, -0.2) is 23.9 Å². The molecule has 0 atom stereocenters. The molecule has 0 bridgehead atoms. The van der Waals surface area contributed by atoms with Crippen molar-refractivity contribution < 1.29 is 13.2 Å². The Kier molecular flexibility index (Phi) is 6.09. The number of aromatic nitrogens is 2. The van der Waals surface area contributed by atoms with E-state index < -0.39 is 10.0 Å². The van der Waals surface area contributed by atoms with Gasteiger partial charge in [-0.25, -0.2) is 13.4 Å². The van der Waals surface area contributed by atoms with E-state index in [0.717, 1.165) is 27.6 Å². The van der Waals surface area contributed by atoms with Gasteiger partial charge in [0.1, 0.15) is 0 Å². The van der Waals surface area contributed by atoms with Gasteiger partial charge in [-0.05, 0) is 81.3 Å². The normalized spacial score (nSPS) is 11.4. The Morgan fingerprint density at radius 2 is 1.64 bits per heavy atom. The Bertz CT molecular complexity index is 1420. The highest BCUT2D eigenvalue weighted by Crippen LogP contribution is 2.24. The van der Waals surface area contributed by atoms with Crippen molar-refractivity contribution >= 4 is 38.6 Å². The molecule has 33 heavy (non-hydrogen) atoms. The van der Waals surface area contributed by atoms with Crippen molar-refractivity contribution in [2.45, 2.75) is 32.6 Å². The molecule has 0 unspecified atom stereocenters. The van der Waals surface area contributed by atoms with Gasteiger partial charge in [0.05, 0.1) is 10.5 Å². The van der Waals surface area contributed by atoms with Crippen molar-refractivity contribution in [3.8, 4) is 5.13 Å². The molecule has 0 saturated heterocycles. The first-order valence-corrected chi connectivity index (χ1v) is 12.6. The van der Waals surface area contributed by atoms with Gasteiger partial charge in [0.25, 0.3) is 15.9 Å². The molecular formula is C24H24N4O3S2. The van der Waals surface area contributed by atoms with Crippen molar-refractivity contribution in [1.82, 2.24) is 9.55 Å². The molecule has 0 fully saturated rings. The highest BCUT2D eigenvalue weighted by molar-refractivity contribution is 7.92. The van der Waals surface area contributed by atoms with Crippen LogP contribution in [0, 0.1) is 27.7 Å². The van der Waals surface area contributed by atoms with E-state index in [9.17, 15) is 13.2 Å². The second-order valence-corrected chi connectivity index (χ2v) is 10.4. The molecule has 0 saturated carbocycles. The Morgan fingerprint density at radius 3 is 2.27 bits per heavy atom. The second kappa shape index (κ2) is 8.84. The van der Waals surface area contributed by atoms with Crippen LogP contribution < -0.4 is 10.0 Å². The molecule has 0 radical (unpaired) electrons. The molecule has 2 aromatic carbocycles. The van der Waals surface area contributed by atoms with Crippen LogP contribution in [0.25, 0.3) is 5.13 Å². The summed E-state index contributed by atoms with van der Waals surface area (Å²) in [6.07, 6.45) is 1.73. The van der Waals surface area contributed by atoms with E-state index in [1.807, 2.05) is 49.8 Å². The van der Waals surface area contributed by atoms with Gasteiger partial charge in [-0.15, -0.1) is 11.3 Å². The van der Waals surface area contributed by atoms with Crippen LogP contribution in [0.15, 0.2) is 65.0 Å². The number of hydrogen-bond donors (Lipinski definition) is 2.